The van der Waals surface area contributed by atoms with Crippen LogP contribution in [0.4, 0.5) is 5.69 Å². The average Bonchev–Trinajstić information content (AvgIpc) is 2.40. The summed E-state index contributed by atoms with van der Waals surface area (Å²) >= 11 is 0. The second-order valence-electron chi connectivity index (χ2n) is 4.51. The van der Waals surface area contributed by atoms with Gasteiger partial charge in [-0.3, -0.25) is 4.90 Å². The van der Waals surface area contributed by atoms with Gasteiger partial charge in [-0.1, -0.05) is 6.92 Å². The minimum atomic E-state index is 0.488. The monoisotopic (exact) mass is 234 g/mol. The molecule has 3 nitrogen and oxygen atoms in total. The molecule has 1 fully saturated rings. The second kappa shape index (κ2) is 5.92. The number of nitrogens with zero attached hydrogens (tertiary/aromatic N) is 1. The summed E-state index contributed by atoms with van der Waals surface area (Å²) in [5.41, 5.74) is 1.18. The van der Waals surface area contributed by atoms with E-state index in [0.29, 0.717) is 6.17 Å². The number of nitrogens with one attached hydrogen (secondary N) is 1. The van der Waals surface area contributed by atoms with E-state index in [-0.39, 0.29) is 0 Å². The highest BCUT2D eigenvalue weighted by atomic mass is 16.5. The normalized spacial score (nSPS) is 21.2. The van der Waals surface area contributed by atoms with Crippen LogP contribution in [-0.4, -0.2) is 31.3 Å². The van der Waals surface area contributed by atoms with Crippen LogP contribution in [-0.2, 0) is 0 Å². The summed E-state index contributed by atoms with van der Waals surface area (Å²) in [7, 11) is 1.70. The van der Waals surface area contributed by atoms with E-state index in [1.54, 1.807) is 7.11 Å². The molecule has 0 aliphatic carbocycles. The molecule has 1 atom stereocenters. The van der Waals surface area contributed by atoms with Crippen LogP contribution in [0.25, 0.3) is 0 Å². The van der Waals surface area contributed by atoms with Crippen LogP contribution in [0.1, 0.15) is 26.2 Å². The molecule has 1 N–H and O–H groups in total. The van der Waals surface area contributed by atoms with E-state index in [4.69, 9.17) is 4.74 Å². The van der Waals surface area contributed by atoms with Crippen molar-refractivity contribution in [3.63, 3.8) is 0 Å². The van der Waals surface area contributed by atoms with Gasteiger partial charge in [-0.25, -0.2) is 0 Å². The van der Waals surface area contributed by atoms with Crippen molar-refractivity contribution in [3.05, 3.63) is 24.3 Å². The third-order valence-electron chi connectivity index (χ3n) is 3.44. The van der Waals surface area contributed by atoms with E-state index in [0.717, 1.165) is 12.3 Å². The standard InChI is InChI=1S/C14H22N2O/c1-3-16-11-5-4-6-14(16)15-12-7-9-13(17-2)10-8-12/h7-10,14-15H,3-6,11H2,1-2H3. The van der Waals surface area contributed by atoms with Crippen LogP contribution >= 0.6 is 0 Å². The summed E-state index contributed by atoms with van der Waals surface area (Å²) in [4.78, 5) is 2.51. The third kappa shape index (κ3) is 3.13. The Morgan fingerprint density at radius 3 is 2.71 bits per heavy atom. The van der Waals surface area contributed by atoms with E-state index in [9.17, 15) is 0 Å². The summed E-state index contributed by atoms with van der Waals surface area (Å²) in [6.45, 7) is 4.56. The van der Waals surface area contributed by atoms with Gasteiger partial charge in [0.15, 0.2) is 0 Å². The van der Waals surface area contributed by atoms with Gasteiger partial charge < -0.3 is 10.1 Å². The smallest absolute Gasteiger partial charge is 0.119 e. The number of anilines is 1. The molecule has 1 saturated heterocycles. The minimum absolute atomic E-state index is 0.488. The number of benzene rings is 1. The van der Waals surface area contributed by atoms with Gasteiger partial charge >= 0.3 is 0 Å². The Balaban J connectivity index is 1.98. The zero-order valence-corrected chi connectivity index (χ0v) is 10.8. The number of piperidine rings is 1. The predicted octanol–water partition coefficient (Wildman–Crippen LogP) is 2.94. The Labute approximate surface area is 104 Å². The van der Waals surface area contributed by atoms with E-state index in [1.807, 2.05) is 12.1 Å². The van der Waals surface area contributed by atoms with Crippen LogP contribution in [0.5, 0.6) is 5.75 Å². The number of methoxy groups -OCH3 is 1. The number of rotatable bonds is 4. The highest BCUT2D eigenvalue weighted by molar-refractivity contribution is 5.47. The first-order valence-corrected chi connectivity index (χ1v) is 6.48. The topological polar surface area (TPSA) is 24.5 Å². The van der Waals surface area contributed by atoms with E-state index in [1.165, 1.54) is 31.5 Å². The molecule has 2 rings (SSSR count). The van der Waals surface area contributed by atoms with Crippen LogP contribution in [0.15, 0.2) is 24.3 Å². The summed E-state index contributed by atoms with van der Waals surface area (Å²) in [5.74, 6) is 0.909. The maximum Gasteiger partial charge on any atom is 0.119 e. The molecular weight excluding hydrogens is 212 g/mol. The largest absolute Gasteiger partial charge is 0.497 e. The maximum atomic E-state index is 5.16. The summed E-state index contributed by atoms with van der Waals surface area (Å²) < 4.78 is 5.16. The van der Waals surface area contributed by atoms with Gasteiger partial charge in [0.1, 0.15) is 5.75 Å². The van der Waals surface area contributed by atoms with Gasteiger partial charge in [-0.2, -0.15) is 0 Å². The molecule has 1 aromatic carbocycles. The fraction of sp³-hybridized carbons (Fsp3) is 0.571. The quantitative estimate of drug-likeness (QED) is 0.867. The Morgan fingerprint density at radius 1 is 1.29 bits per heavy atom. The second-order valence-corrected chi connectivity index (χ2v) is 4.51. The van der Waals surface area contributed by atoms with Gasteiger partial charge in [0, 0.05) is 12.2 Å². The summed E-state index contributed by atoms with van der Waals surface area (Å²) in [5, 5.41) is 3.60. The van der Waals surface area contributed by atoms with Gasteiger partial charge in [0.05, 0.1) is 13.3 Å². The molecule has 0 bridgehead atoms. The lowest BCUT2D eigenvalue weighted by molar-refractivity contribution is 0.176. The van der Waals surface area contributed by atoms with Crippen molar-refractivity contribution < 1.29 is 4.74 Å². The molecule has 1 aliphatic heterocycles. The first-order valence-electron chi connectivity index (χ1n) is 6.48. The number of ether oxygens (including phenoxy) is 1. The van der Waals surface area contributed by atoms with Crippen LogP contribution < -0.4 is 10.1 Å². The molecular formula is C14H22N2O. The van der Waals surface area contributed by atoms with Crippen LogP contribution in [0.3, 0.4) is 0 Å². The SMILES string of the molecule is CCN1CCCCC1Nc1ccc(OC)cc1. The molecule has 1 aliphatic rings. The zero-order valence-electron chi connectivity index (χ0n) is 10.8. The van der Waals surface area contributed by atoms with Crippen LogP contribution in [0.2, 0.25) is 0 Å². The average molecular weight is 234 g/mol. The van der Waals surface area contributed by atoms with E-state index < -0.39 is 0 Å². The first kappa shape index (κ1) is 12.2. The van der Waals surface area contributed by atoms with Crippen molar-refractivity contribution in [1.82, 2.24) is 4.90 Å². The molecule has 17 heavy (non-hydrogen) atoms. The molecule has 1 unspecified atom stereocenters. The van der Waals surface area contributed by atoms with Crippen molar-refractivity contribution in [3.8, 4) is 5.75 Å². The van der Waals surface area contributed by atoms with Crippen molar-refractivity contribution in [2.45, 2.75) is 32.4 Å². The molecule has 0 aromatic heterocycles. The van der Waals surface area contributed by atoms with Crippen molar-refractivity contribution >= 4 is 5.69 Å². The van der Waals surface area contributed by atoms with Crippen molar-refractivity contribution in [2.75, 3.05) is 25.5 Å². The number of hydrogen-bond acceptors (Lipinski definition) is 3. The lowest BCUT2D eigenvalue weighted by atomic mass is 10.1. The molecule has 0 radical (unpaired) electrons. The molecule has 94 valence electrons. The molecule has 1 heterocycles. The van der Waals surface area contributed by atoms with Gasteiger partial charge in [-0.05, 0) is 50.1 Å². The molecule has 0 amide bonds. The fourth-order valence-corrected chi connectivity index (χ4v) is 2.41. The maximum absolute atomic E-state index is 5.16. The Morgan fingerprint density at radius 2 is 2.06 bits per heavy atom. The fourth-order valence-electron chi connectivity index (χ4n) is 2.41. The van der Waals surface area contributed by atoms with E-state index >= 15 is 0 Å². The van der Waals surface area contributed by atoms with Crippen molar-refractivity contribution in [1.29, 1.82) is 0 Å². The zero-order chi connectivity index (χ0) is 12.1. The number of likely N-dealkylation sites (tertiary alicyclic amines) is 1. The lowest BCUT2D eigenvalue weighted by Crippen LogP contribution is -2.44. The lowest BCUT2D eigenvalue weighted by Gasteiger charge is -2.35. The van der Waals surface area contributed by atoms with Gasteiger partial charge in [0.2, 0.25) is 0 Å². The van der Waals surface area contributed by atoms with Gasteiger partial charge in [0.25, 0.3) is 0 Å². The molecule has 0 spiro atoms. The highest BCUT2D eigenvalue weighted by Gasteiger charge is 2.20. The minimum Gasteiger partial charge on any atom is -0.497 e. The summed E-state index contributed by atoms with van der Waals surface area (Å²) in [6, 6.07) is 8.17. The predicted molar refractivity (Wildman–Crippen MR) is 71.5 cm³/mol. The summed E-state index contributed by atoms with van der Waals surface area (Å²) in [6.07, 6.45) is 4.38. The Hall–Kier alpha value is -1.22. The Bertz CT molecular complexity index is 337. The Kier molecular flexibility index (Phi) is 4.26. The van der Waals surface area contributed by atoms with E-state index in [2.05, 4.69) is 29.3 Å². The first-order chi connectivity index (χ1) is 8.33. The van der Waals surface area contributed by atoms with Crippen LogP contribution in [0, 0.1) is 0 Å². The van der Waals surface area contributed by atoms with Crippen molar-refractivity contribution in [2.24, 2.45) is 0 Å². The molecule has 1 aromatic rings. The number of hydrogen-bond donors (Lipinski definition) is 1. The third-order valence-corrected chi connectivity index (χ3v) is 3.44. The molecule has 0 saturated carbocycles. The van der Waals surface area contributed by atoms with Gasteiger partial charge in [-0.15, -0.1) is 0 Å². The molecule has 3 heteroatoms. The highest BCUT2D eigenvalue weighted by Crippen LogP contribution is 2.21.